The molecule has 2 aromatic heterocycles. The molecule has 0 aliphatic rings. The first-order chi connectivity index (χ1) is 9.41. The standard InChI is InChI=1S/C12H10ClN3O3S/c1-6-9(12(18)19)11(20-15-6)16(2)10(17)8-4-3-7(13)5-14-8/h3-5H,1-2H3,(H,18,19). The van der Waals surface area contributed by atoms with Crippen molar-refractivity contribution in [2.75, 3.05) is 11.9 Å². The van der Waals surface area contributed by atoms with Crippen LogP contribution in [0.4, 0.5) is 5.00 Å². The summed E-state index contributed by atoms with van der Waals surface area (Å²) >= 11 is 6.67. The fourth-order valence-electron chi connectivity index (χ4n) is 1.60. The Bertz CT molecular complexity index is 669. The molecule has 2 heterocycles. The first kappa shape index (κ1) is 14.4. The molecule has 0 fully saturated rings. The highest BCUT2D eigenvalue weighted by Crippen LogP contribution is 2.28. The predicted molar refractivity (Wildman–Crippen MR) is 75.8 cm³/mol. The van der Waals surface area contributed by atoms with E-state index in [0.717, 1.165) is 11.5 Å². The van der Waals surface area contributed by atoms with Gasteiger partial charge in [0.25, 0.3) is 5.91 Å². The average molecular weight is 312 g/mol. The Morgan fingerprint density at radius 2 is 2.10 bits per heavy atom. The third-order valence-electron chi connectivity index (χ3n) is 2.61. The van der Waals surface area contributed by atoms with Gasteiger partial charge in [-0.25, -0.2) is 9.78 Å². The van der Waals surface area contributed by atoms with E-state index in [2.05, 4.69) is 9.36 Å². The van der Waals surface area contributed by atoms with Gasteiger partial charge >= 0.3 is 5.97 Å². The number of aromatic nitrogens is 2. The van der Waals surface area contributed by atoms with Gasteiger partial charge in [0.05, 0.1) is 10.7 Å². The SMILES string of the molecule is Cc1nsc(N(C)C(=O)c2ccc(Cl)cn2)c1C(=O)O. The fourth-order valence-corrected chi connectivity index (χ4v) is 2.56. The van der Waals surface area contributed by atoms with Gasteiger partial charge in [-0.3, -0.25) is 9.69 Å². The second-order valence-electron chi connectivity index (χ2n) is 3.98. The number of hydrogen-bond acceptors (Lipinski definition) is 5. The molecule has 1 amide bonds. The molecular weight excluding hydrogens is 302 g/mol. The predicted octanol–water partition coefficient (Wildman–Crippen LogP) is 2.47. The number of halogens is 1. The highest BCUT2D eigenvalue weighted by Gasteiger charge is 2.25. The molecule has 0 saturated heterocycles. The number of aromatic carboxylic acids is 1. The zero-order chi connectivity index (χ0) is 14.9. The molecule has 8 heteroatoms. The molecule has 2 aromatic rings. The molecule has 0 radical (unpaired) electrons. The molecule has 6 nitrogen and oxygen atoms in total. The summed E-state index contributed by atoms with van der Waals surface area (Å²) in [7, 11) is 1.48. The molecule has 1 N–H and O–H groups in total. The van der Waals surface area contributed by atoms with Gasteiger partial charge in [0.2, 0.25) is 0 Å². The lowest BCUT2D eigenvalue weighted by molar-refractivity contribution is 0.0697. The van der Waals surface area contributed by atoms with Crippen molar-refractivity contribution in [2.24, 2.45) is 0 Å². The highest BCUT2D eigenvalue weighted by molar-refractivity contribution is 7.11. The van der Waals surface area contributed by atoms with Gasteiger partial charge in [-0.2, -0.15) is 4.37 Å². The van der Waals surface area contributed by atoms with Crippen LogP contribution in [0.25, 0.3) is 0 Å². The molecule has 0 aliphatic heterocycles. The molecule has 0 atom stereocenters. The first-order valence-electron chi connectivity index (χ1n) is 5.51. The molecule has 0 aromatic carbocycles. The summed E-state index contributed by atoms with van der Waals surface area (Å²) in [5, 5.41) is 9.86. The Kier molecular flexibility index (Phi) is 4.01. The van der Waals surface area contributed by atoms with Crippen LogP contribution >= 0.6 is 23.1 Å². The highest BCUT2D eigenvalue weighted by atomic mass is 35.5. The molecular formula is C12H10ClN3O3S. The molecule has 0 aliphatic carbocycles. The van der Waals surface area contributed by atoms with Gasteiger partial charge in [-0.05, 0) is 30.6 Å². The minimum atomic E-state index is -1.12. The van der Waals surface area contributed by atoms with Gasteiger partial charge in [0.15, 0.2) is 0 Å². The lowest BCUT2D eigenvalue weighted by Gasteiger charge is -2.15. The number of nitrogens with zero attached hydrogens (tertiary/aromatic N) is 3. The van der Waals surface area contributed by atoms with E-state index in [0.29, 0.717) is 10.7 Å². The van der Waals surface area contributed by atoms with E-state index >= 15 is 0 Å². The number of anilines is 1. The van der Waals surface area contributed by atoms with Gasteiger partial charge in [-0.15, -0.1) is 0 Å². The van der Waals surface area contributed by atoms with Crippen LogP contribution in [-0.2, 0) is 0 Å². The summed E-state index contributed by atoms with van der Waals surface area (Å²) in [6.07, 6.45) is 1.36. The van der Waals surface area contributed by atoms with E-state index in [9.17, 15) is 9.59 Å². The maximum atomic E-state index is 12.2. The minimum Gasteiger partial charge on any atom is -0.478 e. The van der Waals surface area contributed by atoms with E-state index < -0.39 is 11.9 Å². The second-order valence-corrected chi connectivity index (χ2v) is 5.17. The van der Waals surface area contributed by atoms with Crippen molar-refractivity contribution in [1.29, 1.82) is 0 Å². The third kappa shape index (κ3) is 2.63. The first-order valence-corrected chi connectivity index (χ1v) is 6.66. The molecule has 0 unspecified atom stereocenters. The van der Waals surface area contributed by atoms with Gasteiger partial charge < -0.3 is 5.11 Å². The smallest absolute Gasteiger partial charge is 0.340 e. The van der Waals surface area contributed by atoms with Crippen LogP contribution in [0.1, 0.15) is 26.5 Å². The molecule has 20 heavy (non-hydrogen) atoms. The van der Waals surface area contributed by atoms with E-state index in [4.69, 9.17) is 16.7 Å². The Balaban J connectivity index is 2.36. The molecule has 104 valence electrons. The van der Waals surface area contributed by atoms with E-state index in [1.54, 1.807) is 13.0 Å². The van der Waals surface area contributed by atoms with Crippen LogP contribution in [0, 0.1) is 6.92 Å². The van der Waals surface area contributed by atoms with Crippen LogP contribution in [0.5, 0.6) is 0 Å². The van der Waals surface area contributed by atoms with Crippen LogP contribution in [0.15, 0.2) is 18.3 Å². The fraction of sp³-hybridized carbons (Fsp3) is 0.167. The maximum absolute atomic E-state index is 12.2. The van der Waals surface area contributed by atoms with Gasteiger partial charge in [-0.1, -0.05) is 11.6 Å². The molecule has 2 rings (SSSR count). The van der Waals surface area contributed by atoms with E-state index in [1.165, 1.54) is 24.2 Å². The summed E-state index contributed by atoms with van der Waals surface area (Å²) in [6, 6.07) is 3.03. The Labute approximate surface area is 123 Å². The summed E-state index contributed by atoms with van der Waals surface area (Å²) in [5.41, 5.74) is 0.584. The van der Waals surface area contributed by atoms with Crippen molar-refractivity contribution in [3.05, 3.63) is 40.3 Å². The quantitative estimate of drug-likeness (QED) is 0.941. The van der Waals surface area contributed by atoms with Crippen LogP contribution in [-0.4, -0.2) is 33.4 Å². The minimum absolute atomic E-state index is 0.0276. The van der Waals surface area contributed by atoms with Crippen molar-refractivity contribution in [1.82, 2.24) is 9.36 Å². The number of hydrogen-bond donors (Lipinski definition) is 1. The Morgan fingerprint density at radius 1 is 1.40 bits per heavy atom. The second kappa shape index (κ2) is 5.56. The number of carbonyl (C=O) groups excluding carboxylic acids is 1. The van der Waals surface area contributed by atoms with Crippen molar-refractivity contribution in [3.63, 3.8) is 0 Å². The number of carboxylic acid groups (broad SMARTS) is 1. The average Bonchev–Trinajstić information content (AvgIpc) is 2.80. The molecule has 0 spiro atoms. The summed E-state index contributed by atoms with van der Waals surface area (Å²) < 4.78 is 3.97. The molecule has 0 bridgehead atoms. The lowest BCUT2D eigenvalue weighted by atomic mass is 10.2. The summed E-state index contributed by atoms with van der Waals surface area (Å²) in [6.45, 7) is 1.59. The lowest BCUT2D eigenvalue weighted by Crippen LogP contribution is -2.27. The number of carbonyl (C=O) groups is 2. The zero-order valence-corrected chi connectivity index (χ0v) is 12.2. The zero-order valence-electron chi connectivity index (χ0n) is 10.6. The molecule has 0 saturated carbocycles. The number of aryl methyl sites for hydroxylation is 1. The van der Waals surface area contributed by atoms with Crippen LogP contribution < -0.4 is 4.90 Å². The normalized spacial score (nSPS) is 10.3. The Morgan fingerprint density at radius 3 is 2.65 bits per heavy atom. The van der Waals surface area contributed by atoms with E-state index in [1.807, 2.05) is 0 Å². The van der Waals surface area contributed by atoms with Crippen molar-refractivity contribution >= 4 is 40.0 Å². The summed E-state index contributed by atoms with van der Waals surface area (Å²) in [4.78, 5) is 28.6. The Hall–Kier alpha value is -1.99. The monoisotopic (exact) mass is 311 g/mol. The van der Waals surface area contributed by atoms with E-state index in [-0.39, 0.29) is 16.3 Å². The number of rotatable bonds is 3. The third-order valence-corrected chi connectivity index (χ3v) is 3.85. The van der Waals surface area contributed by atoms with Gasteiger partial charge in [0.1, 0.15) is 16.3 Å². The summed E-state index contributed by atoms with van der Waals surface area (Å²) in [5.74, 6) is -1.54. The largest absolute Gasteiger partial charge is 0.478 e. The number of pyridine rings is 1. The van der Waals surface area contributed by atoms with Gasteiger partial charge in [0, 0.05) is 13.2 Å². The number of carboxylic acids is 1. The number of amides is 1. The topological polar surface area (TPSA) is 83.4 Å². The maximum Gasteiger partial charge on any atom is 0.340 e. The van der Waals surface area contributed by atoms with Crippen molar-refractivity contribution < 1.29 is 14.7 Å². The van der Waals surface area contributed by atoms with Crippen LogP contribution in [0.3, 0.4) is 0 Å². The van der Waals surface area contributed by atoms with Crippen molar-refractivity contribution in [2.45, 2.75) is 6.92 Å². The van der Waals surface area contributed by atoms with Crippen molar-refractivity contribution in [3.8, 4) is 0 Å². The van der Waals surface area contributed by atoms with Crippen LogP contribution in [0.2, 0.25) is 5.02 Å².